The van der Waals surface area contributed by atoms with Crippen molar-refractivity contribution in [2.45, 2.75) is 38.1 Å². The van der Waals surface area contributed by atoms with Crippen LogP contribution in [0.4, 0.5) is 0 Å². The normalized spacial score (nSPS) is 17.5. The number of hydrogen-bond donors (Lipinski definition) is 1. The van der Waals surface area contributed by atoms with Gasteiger partial charge in [0.25, 0.3) is 0 Å². The second kappa shape index (κ2) is 4.11. The third kappa shape index (κ3) is 1.72. The van der Waals surface area contributed by atoms with Crippen LogP contribution in [0.2, 0.25) is 0 Å². The van der Waals surface area contributed by atoms with E-state index in [1.54, 1.807) is 0 Å². The van der Waals surface area contributed by atoms with E-state index in [-0.39, 0.29) is 0 Å². The molecule has 0 bridgehead atoms. The number of fused-ring (bicyclic) bond motifs is 1. The van der Waals surface area contributed by atoms with Crippen molar-refractivity contribution in [1.29, 1.82) is 0 Å². The molecule has 2 aromatic rings. The number of rotatable bonds is 4. The van der Waals surface area contributed by atoms with Gasteiger partial charge in [-0.05, 0) is 25.3 Å². The third-order valence-corrected chi connectivity index (χ3v) is 3.57. The van der Waals surface area contributed by atoms with Gasteiger partial charge >= 0.3 is 0 Å². The van der Waals surface area contributed by atoms with Crippen LogP contribution in [0.3, 0.4) is 0 Å². The summed E-state index contributed by atoms with van der Waals surface area (Å²) in [7, 11) is 0. The molecular formula is C13H18N4. The molecule has 1 atom stereocenters. The second-order valence-electron chi connectivity index (χ2n) is 4.78. The first-order chi connectivity index (χ1) is 8.35. The first-order valence-electron chi connectivity index (χ1n) is 6.37. The maximum absolute atomic E-state index is 5.86. The second-order valence-corrected chi connectivity index (χ2v) is 4.78. The molecule has 1 aliphatic carbocycles. The van der Waals surface area contributed by atoms with Crippen molar-refractivity contribution >= 4 is 11.0 Å². The molecule has 4 heteroatoms. The van der Waals surface area contributed by atoms with Gasteiger partial charge in [-0.3, -0.25) is 4.98 Å². The zero-order valence-corrected chi connectivity index (χ0v) is 10.1. The van der Waals surface area contributed by atoms with Gasteiger partial charge in [-0.15, -0.1) is 0 Å². The Hall–Kier alpha value is -1.42. The summed E-state index contributed by atoms with van der Waals surface area (Å²) in [6, 6.07) is 2.70. The summed E-state index contributed by atoms with van der Waals surface area (Å²) in [5, 5.41) is 0. The predicted octanol–water partition coefficient (Wildman–Crippen LogP) is 2.22. The number of pyridine rings is 1. The SMILES string of the molecule is CCC(CN)c1nc2cnccc2n1C1CC1. The molecule has 2 heterocycles. The van der Waals surface area contributed by atoms with Gasteiger partial charge in [0.15, 0.2) is 0 Å². The fourth-order valence-electron chi connectivity index (χ4n) is 2.43. The molecule has 0 saturated heterocycles. The first kappa shape index (κ1) is 10.7. The van der Waals surface area contributed by atoms with Gasteiger partial charge in [0, 0.05) is 24.7 Å². The fourth-order valence-corrected chi connectivity index (χ4v) is 2.43. The zero-order valence-electron chi connectivity index (χ0n) is 10.1. The van der Waals surface area contributed by atoms with E-state index in [4.69, 9.17) is 10.7 Å². The van der Waals surface area contributed by atoms with E-state index in [0.717, 1.165) is 17.8 Å². The lowest BCUT2D eigenvalue weighted by molar-refractivity contribution is 0.580. The highest BCUT2D eigenvalue weighted by molar-refractivity contribution is 5.75. The number of aromatic nitrogens is 3. The lowest BCUT2D eigenvalue weighted by Crippen LogP contribution is -2.16. The van der Waals surface area contributed by atoms with Crippen LogP contribution < -0.4 is 5.73 Å². The summed E-state index contributed by atoms with van der Waals surface area (Å²) >= 11 is 0. The minimum Gasteiger partial charge on any atom is -0.330 e. The average molecular weight is 230 g/mol. The Kier molecular flexibility index (Phi) is 2.59. The van der Waals surface area contributed by atoms with E-state index >= 15 is 0 Å². The summed E-state index contributed by atoms with van der Waals surface area (Å²) in [5.41, 5.74) is 8.07. The van der Waals surface area contributed by atoms with Crippen LogP contribution in [0.15, 0.2) is 18.5 Å². The summed E-state index contributed by atoms with van der Waals surface area (Å²) in [4.78, 5) is 8.89. The zero-order chi connectivity index (χ0) is 11.8. The van der Waals surface area contributed by atoms with Crippen molar-refractivity contribution in [3.63, 3.8) is 0 Å². The van der Waals surface area contributed by atoms with Crippen molar-refractivity contribution in [1.82, 2.24) is 14.5 Å². The van der Waals surface area contributed by atoms with Gasteiger partial charge < -0.3 is 10.3 Å². The van der Waals surface area contributed by atoms with E-state index < -0.39 is 0 Å². The number of hydrogen-bond acceptors (Lipinski definition) is 3. The van der Waals surface area contributed by atoms with Gasteiger partial charge in [0.2, 0.25) is 0 Å². The van der Waals surface area contributed by atoms with Crippen LogP contribution in [-0.4, -0.2) is 21.1 Å². The van der Waals surface area contributed by atoms with Gasteiger partial charge in [0.05, 0.1) is 11.7 Å². The first-order valence-corrected chi connectivity index (χ1v) is 6.37. The molecule has 0 amide bonds. The monoisotopic (exact) mass is 230 g/mol. The van der Waals surface area contributed by atoms with E-state index in [1.165, 1.54) is 18.4 Å². The number of nitrogens with two attached hydrogens (primary N) is 1. The average Bonchev–Trinajstić information content (AvgIpc) is 3.12. The minimum atomic E-state index is 0.364. The third-order valence-electron chi connectivity index (χ3n) is 3.57. The van der Waals surface area contributed by atoms with Crippen LogP contribution in [0.25, 0.3) is 11.0 Å². The van der Waals surface area contributed by atoms with E-state index in [0.29, 0.717) is 18.5 Å². The van der Waals surface area contributed by atoms with Gasteiger partial charge in [0.1, 0.15) is 11.3 Å². The van der Waals surface area contributed by atoms with Crippen molar-refractivity contribution in [3.8, 4) is 0 Å². The molecular weight excluding hydrogens is 212 g/mol. The quantitative estimate of drug-likeness (QED) is 0.876. The highest BCUT2D eigenvalue weighted by Gasteiger charge is 2.30. The van der Waals surface area contributed by atoms with E-state index in [9.17, 15) is 0 Å². The minimum absolute atomic E-state index is 0.364. The summed E-state index contributed by atoms with van der Waals surface area (Å²) < 4.78 is 2.39. The summed E-state index contributed by atoms with van der Waals surface area (Å²) in [5.74, 6) is 1.52. The van der Waals surface area contributed by atoms with Gasteiger partial charge in [-0.25, -0.2) is 4.98 Å². The molecule has 1 saturated carbocycles. The molecule has 1 unspecified atom stereocenters. The van der Waals surface area contributed by atoms with Crippen molar-refractivity contribution in [2.75, 3.05) is 6.54 Å². The highest BCUT2D eigenvalue weighted by Crippen LogP contribution is 2.40. The molecule has 2 N–H and O–H groups in total. The fraction of sp³-hybridized carbons (Fsp3) is 0.538. The van der Waals surface area contributed by atoms with E-state index in [2.05, 4.69) is 22.5 Å². The van der Waals surface area contributed by atoms with Crippen molar-refractivity contribution in [2.24, 2.45) is 5.73 Å². The van der Waals surface area contributed by atoms with Crippen LogP contribution in [0.5, 0.6) is 0 Å². The Morgan fingerprint density at radius 3 is 3.00 bits per heavy atom. The van der Waals surface area contributed by atoms with Crippen LogP contribution in [0.1, 0.15) is 44.0 Å². The Bertz CT molecular complexity index is 523. The van der Waals surface area contributed by atoms with E-state index in [1.807, 2.05) is 12.4 Å². The molecule has 1 aliphatic rings. The van der Waals surface area contributed by atoms with Crippen LogP contribution in [0, 0.1) is 0 Å². The molecule has 17 heavy (non-hydrogen) atoms. The number of imidazole rings is 1. The predicted molar refractivity (Wildman–Crippen MR) is 67.9 cm³/mol. The smallest absolute Gasteiger partial charge is 0.114 e. The topological polar surface area (TPSA) is 56.7 Å². The van der Waals surface area contributed by atoms with Crippen LogP contribution >= 0.6 is 0 Å². The molecule has 4 nitrogen and oxygen atoms in total. The molecule has 2 aromatic heterocycles. The Balaban J connectivity index is 2.18. The largest absolute Gasteiger partial charge is 0.330 e. The maximum atomic E-state index is 5.86. The molecule has 0 aromatic carbocycles. The number of nitrogens with zero attached hydrogens (tertiary/aromatic N) is 3. The van der Waals surface area contributed by atoms with Gasteiger partial charge in [-0.2, -0.15) is 0 Å². The molecule has 1 fully saturated rings. The van der Waals surface area contributed by atoms with Crippen LogP contribution in [-0.2, 0) is 0 Å². The molecule has 3 rings (SSSR count). The Morgan fingerprint density at radius 1 is 1.53 bits per heavy atom. The molecule has 0 radical (unpaired) electrons. The Labute approximate surface area is 101 Å². The van der Waals surface area contributed by atoms with Gasteiger partial charge in [-0.1, -0.05) is 6.92 Å². The summed E-state index contributed by atoms with van der Waals surface area (Å²) in [6.45, 7) is 2.84. The summed E-state index contributed by atoms with van der Waals surface area (Å²) in [6.07, 6.45) is 7.26. The molecule has 90 valence electrons. The highest BCUT2D eigenvalue weighted by atomic mass is 15.1. The standard InChI is InChI=1S/C13H18N4/c1-2-9(7-14)13-16-11-8-15-6-5-12(11)17(13)10-3-4-10/h5-6,8-10H,2-4,7,14H2,1H3. The molecule has 0 spiro atoms. The van der Waals surface area contributed by atoms with Crippen molar-refractivity contribution < 1.29 is 0 Å². The lowest BCUT2D eigenvalue weighted by Gasteiger charge is -2.14. The lowest BCUT2D eigenvalue weighted by atomic mass is 10.1. The van der Waals surface area contributed by atoms with Crippen molar-refractivity contribution in [3.05, 3.63) is 24.3 Å². The maximum Gasteiger partial charge on any atom is 0.114 e. The Morgan fingerprint density at radius 2 is 2.35 bits per heavy atom. The molecule has 0 aliphatic heterocycles.